The fourth-order valence-electron chi connectivity index (χ4n) is 1.35. The van der Waals surface area contributed by atoms with Crippen LogP contribution in [0.4, 0.5) is 13.2 Å². The lowest BCUT2D eigenvalue weighted by molar-refractivity contribution is -0.123. The first kappa shape index (κ1) is 14.8. The fraction of sp³-hybridized carbons (Fsp3) is 0.455. The van der Waals surface area contributed by atoms with E-state index in [1.165, 1.54) is 12.1 Å². The van der Waals surface area contributed by atoms with Crippen LogP contribution in [0.5, 0.6) is 0 Å². The number of amides is 1. The topological polar surface area (TPSA) is 42.0 Å². The molecule has 0 spiro atoms. The Bertz CT molecular complexity index is 435. The van der Waals surface area contributed by atoms with Crippen LogP contribution in [0, 0.1) is 0 Å². The van der Waals surface area contributed by atoms with Gasteiger partial charge in [-0.3, -0.25) is 4.79 Å². The van der Waals surface area contributed by atoms with E-state index in [4.69, 9.17) is 11.6 Å². The Morgan fingerprint density at radius 1 is 1.44 bits per heavy atom. The molecule has 0 aliphatic carbocycles. The number of aryl methyl sites for hydroxylation is 1. The molecule has 0 atom stereocenters. The molecular formula is C11H12ClF3N2O. The molecule has 1 aromatic rings. The van der Waals surface area contributed by atoms with Gasteiger partial charge in [-0.2, -0.15) is 13.2 Å². The molecule has 1 N–H and O–H groups in total. The number of carbonyl (C=O) groups is 1. The molecule has 1 heterocycles. The minimum atomic E-state index is -4.43. The molecule has 7 heteroatoms. The van der Waals surface area contributed by atoms with E-state index in [2.05, 4.69) is 4.98 Å². The van der Waals surface area contributed by atoms with Gasteiger partial charge in [0.1, 0.15) is 11.7 Å². The maximum atomic E-state index is 12.0. The molecule has 0 fully saturated rings. The maximum Gasteiger partial charge on any atom is 0.405 e. The predicted molar refractivity (Wildman–Crippen MR) is 61.6 cm³/mol. The Hall–Kier alpha value is -1.30. The molecule has 1 aromatic heterocycles. The Morgan fingerprint density at radius 2 is 2.11 bits per heavy atom. The molecule has 0 radical (unpaired) electrons. The van der Waals surface area contributed by atoms with Crippen molar-refractivity contribution < 1.29 is 18.0 Å². The van der Waals surface area contributed by atoms with Crippen molar-refractivity contribution in [1.29, 1.82) is 0 Å². The van der Waals surface area contributed by atoms with Gasteiger partial charge in [0.25, 0.3) is 5.91 Å². The lowest BCUT2D eigenvalue weighted by atomic mass is 10.1. The number of rotatable bonds is 4. The second-order valence-corrected chi connectivity index (χ2v) is 4.10. The van der Waals surface area contributed by atoms with Gasteiger partial charge < -0.3 is 5.32 Å². The molecule has 0 aromatic carbocycles. The van der Waals surface area contributed by atoms with Crippen LogP contribution < -0.4 is 5.32 Å². The summed E-state index contributed by atoms with van der Waals surface area (Å²) in [6, 6.07) is 2.69. The third-order valence-corrected chi connectivity index (χ3v) is 2.26. The molecule has 0 unspecified atom stereocenters. The van der Waals surface area contributed by atoms with Crippen molar-refractivity contribution >= 4 is 17.5 Å². The average Bonchev–Trinajstić information content (AvgIpc) is 2.24. The number of nitrogens with one attached hydrogen (secondary N) is 1. The summed E-state index contributed by atoms with van der Waals surface area (Å²) in [5.74, 6) is -0.811. The van der Waals surface area contributed by atoms with Gasteiger partial charge >= 0.3 is 6.18 Å². The zero-order valence-electron chi connectivity index (χ0n) is 9.64. The first-order valence-corrected chi connectivity index (χ1v) is 5.71. The summed E-state index contributed by atoms with van der Waals surface area (Å²) in [7, 11) is 0. The number of pyridine rings is 1. The van der Waals surface area contributed by atoms with Crippen molar-refractivity contribution in [3.63, 3.8) is 0 Å². The first-order chi connectivity index (χ1) is 8.31. The second-order valence-electron chi connectivity index (χ2n) is 3.72. The molecule has 3 nitrogen and oxygen atoms in total. The SMILES string of the molecule is CCCc1cc(C(=O)NCC(F)(F)F)cc(Cl)n1. The van der Waals surface area contributed by atoms with Gasteiger partial charge in [0.2, 0.25) is 0 Å². The molecule has 0 saturated carbocycles. The van der Waals surface area contributed by atoms with Crippen LogP contribution in [-0.4, -0.2) is 23.6 Å². The summed E-state index contributed by atoms with van der Waals surface area (Å²) >= 11 is 5.71. The van der Waals surface area contributed by atoms with Crippen LogP contribution in [0.2, 0.25) is 5.15 Å². The third-order valence-electron chi connectivity index (χ3n) is 2.06. The maximum absolute atomic E-state index is 12.0. The molecule has 0 bridgehead atoms. The second kappa shape index (κ2) is 6.04. The van der Waals surface area contributed by atoms with Crippen LogP contribution in [0.1, 0.15) is 29.4 Å². The van der Waals surface area contributed by atoms with E-state index in [9.17, 15) is 18.0 Å². The van der Waals surface area contributed by atoms with Crippen LogP contribution in [0.3, 0.4) is 0 Å². The average molecular weight is 281 g/mol. The van der Waals surface area contributed by atoms with Gasteiger partial charge in [-0.1, -0.05) is 24.9 Å². The molecule has 0 saturated heterocycles. The monoisotopic (exact) mass is 280 g/mol. The number of alkyl halides is 3. The van der Waals surface area contributed by atoms with E-state index in [1.807, 2.05) is 6.92 Å². The Morgan fingerprint density at radius 3 is 2.67 bits per heavy atom. The molecular weight excluding hydrogens is 269 g/mol. The zero-order valence-corrected chi connectivity index (χ0v) is 10.4. The molecule has 0 aliphatic heterocycles. The number of aromatic nitrogens is 1. The highest BCUT2D eigenvalue weighted by Crippen LogP contribution is 2.15. The van der Waals surface area contributed by atoms with Gasteiger partial charge in [0.05, 0.1) is 0 Å². The Labute approximate surface area is 107 Å². The summed E-state index contributed by atoms with van der Waals surface area (Å²) in [6.45, 7) is 0.556. The minimum absolute atomic E-state index is 0.0858. The van der Waals surface area contributed by atoms with Crippen molar-refractivity contribution in [3.05, 3.63) is 28.5 Å². The molecule has 1 rings (SSSR count). The minimum Gasteiger partial charge on any atom is -0.343 e. The first-order valence-electron chi connectivity index (χ1n) is 5.33. The van der Waals surface area contributed by atoms with E-state index in [0.717, 1.165) is 6.42 Å². The highest BCUT2D eigenvalue weighted by Gasteiger charge is 2.28. The summed E-state index contributed by atoms with van der Waals surface area (Å²) < 4.78 is 35.9. The Kier molecular flexibility index (Phi) is 4.95. The highest BCUT2D eigenvalue weighted by atomic mass is 35.5. The van der Waals surface area contributed by atoms with Crippen molar-refractivity contribution in [2.45, 2.75) is 25.9 Å². The summed E-state index contributed by atoms with van der Waals surface area (Å²) in [5, 5.41) is 1.88. The van der Waals surface area contributed by atoms with Crippen molar-refractivity contribution in [1.82, 2.24) is 10.3 Å². The van der Waals surface area contributed by atoms with Gasteiger partial charge in [0.15, 0.2) is 0 Å². The molecule has 100 valence electrons. The molecule has 18 heavy (non-hydrogen) atoms. The number of hydrogen-bond acceptors (Lipinski definition) is 2. The van der Waals surface area contributed by atoms with Crippen molar-refractivity contribution in [3.8, 4) is 0 Å². The lowest BCUT2D eigenvalue weighted by Crippen LogP contribution is -2.33. The van der Waals surface area contributed by atoms with E-state index < -0.39 is 18.6 Å². The molecule has 0 aliphatic rings. The third kappa shape index (κ3) is 4.91. The number of hydrogen-bond donors (Lipinski definition) is 1. The Balaban J connectivity index is 2.79. The smallest absolute Gasteiger partial charge is 0.343 e. The summed E-state index contributed by atoms with van der Waals surface area (Å²) in [4.78, 5) is 15.5. The van der Waals surface area contributed by atoms with E-state index >= 15 is 0 Å². The highest BCUT2D eigenvalue weighted by molar-refractivity contribution is 6.29. The normalized spacial score (nSPS) is 11.4. The van der Waals surface area contributed by atoms with E-state index in [-0.39, 0.29) is 10.7 Å². The van der Waals surface area contributed by atoms with Crippen molar-refractivity contribution in [2.75, 3.05) is 6.54 Å². The predicted octanol–water partition coefficient (Wildman–Crippen LogP) is 2.98. The number of halogens is 4. The van der Waals surface area contributed by atoms with Crippen LogP contribution in [0.25, 0.3) is 0 Å². The standard InChI is InChI=1S/C11H12ClF3N2O/c1-2-3-8-4-7(5-9(12)17-8)10(18)16-6-11(13,14)15/h4-5H,2-3,6H2,1H3,(H,16,18). The van der Waals surface area contributed by atoms with Crippen LogP contribution in [0.15, 0.2) is 12.1 Å². The largest absolute Gasteiger partial charge is 0.405 e. The van der Waals surface area contributed by atoms with E-state index in [1.54, 1.807) is 5.32 Å². The lowest BCUT2D eigenvalue weighted by Gasteiger charge is -2.09. The van der Waals surface area contributed by atoms with Gasteiger partial charge in [-0.15, -0.1) is 0 Å². The number of carbonyl (C=O) groups excluding carboxylic acids is 1. The van der Waals surface area contributed by atoms with E-state index in [0.29, 0.717) is 12.1 Å². The fourth-order valence-corrected chi connectivity index (χ4v) is 1.58. The summed E-state index contributed by atoms with van der Waals surface area (Å²) in [6.07, 6.45) is -3.02. The van der Waals surface area contributed by atoms with Crippen LogP contribution in [-0.2, 0) is 6.42 Å². The van der Waals surface area contributed by atoms with Crippen LogP contribution >= 0.6 is 11.6 Å². The van der Waals surface area contributed by atoms with Crippen molar-refractivity contribution in [2.24, 2.45) is 0 Å². The quantitative estimate of drug-likeness (QED) is 0.862. The van der Waals surface area contributed by atoms with Gasteiger partial charge in [0, 0.05) is 11.3 Å². The van der Waals surface area contributed by atoms with Gasteiger partial charge in [-0.05, 0) is 18.6 Å². The van der Waals surface area contributed by atoms with Gasteiger partial charge in [-0.25, -0.2) is 4.98 Å². The molecule has 1 amide bonds. The number of nitrogens with zero attached hydrogens (tertiary/aromatic N) is 1. The summed E-state index contributed by atoms with van der Waals surface area (Å²) in [5.41, 5.74) is 0.671. The zero-order chi connectivity index (χ0) is 13.8.